The van der Waals surface area contributed by atoms with Crippen molar-refractivity contribution in [3.05, 3.63) is 36.4 Å². The molecule has 1 saturated heterocycles. The van der Waals surface area contributed by atoms with E-state index < -0.39 is 0 Å². The minimum Gasteiger partial charge on any atom is -0.497 e. The van der Waals surface area contributed by atoms with Crippen molar-refractivity contribution in [3.8, 4) is 17.0 Å². The van der Waals surface area contributed by atoms with Gasteiger partial charge in [-0.2, -0.15) is 0 Å². The lowest BCUT2D eigenvalue weighted by molar-refractivity contribution is -0.146. The summed E-state index contributed by atoms with van der Waals surface area (Å²) in [6, 6.07) is 11.8. The summed E-state index contributed by atoms with van der Waals surface area (Å²) in [5.74, 6) is 1.93. The molecule has 2 aliphatic rings. The number of anilines is 1. The molecule has 0 N–H and O–H groups in total. The van der Waals surface area contributed by atoms with Crippen molar-refractivity contribution in [2.24, 2.45) is 5.92 Å². The molecule has 0 spiro atoms. The molecule has 1 aliphatic heterocycles. The average Bonchev–Trinajstić information content (AvgIpc) is 3.12. The number of benzene rings is 1. The molecule has 8 nitrogen and oxygen atoms in total. The molecule has 1 atom stereocenters. The molecule has 8 heteroatoms. The van der Waals surface area contributed by atoms with Gasteiger partial charge in [-0.1, -0.05) is 13.3 Å². The maximum Gasteiger partial charge on any atom is 0.242 e. The highest BCUT2D eigenvalue weighted by molar-refractivity contribution is 5.86. The smallest absolute Gasteiger partial charge is 0.242 e. The van der Waals surface area contributed by atoms with Crippen molar-refractivity contribution >= 4 is 17.6 Å². The van der Waals surface area contributed by atoms with E-state index in [0.29, 0.717) is 19.6 Å². The molecule has 1 aromatic heterocycles. The van der Waals surface area contributed by atoms with Crippen LogP contribution in [0.3, 0.4) is 0 Å². The van der Waals surface area contributed by atoms with Gasteiger partial charge in [0, 0.05) is 43.7 Å². The van der Waals surface area contributed by atoms with Crippen LogP contribution in [0.2, 0.25) is 0 Å². The van der Waals surface area contributed by atoms with E-state index in [0.717, 1.165) is 61.5 Å². The largest absolute Gasteiger partial charge is 0.497 e. The number of hydrogen-bond acceptors (Lipinski definition) is 6. The Morgan fingerprint density at radius 1 is 1.03 bits per heavy atom. The number of amides is 2. The molecule has 2 aromatic rings. The third-order valence-corrected chi connectivity index (χ3v) is 7.37. The summed E-state index contributed by atoms with van der Waals surface area (Å²) < 4.78 is 5.22. The van der Waals surface area contributed by atoms with Crippen LogP contribution in [0.4, 0.5) is 5.82 Å². The normalized spacial score (nSPS) is 17.3. The lowest BCUT2D eigenvalue weighted by Gasteiger charge is -2.36. The van der Waals surface area contributed by atoms with Gasteiger partial charge in [-0.15, -0.1) is 10.2 Å². The van der Waals surface area contributed by atoms with Crippen molar-refractivity contribution in [2.75, 3.05) is 44.7 Å². The van der Waals surface area contributed by atoms with Crippen molar-refractivity contribution in [2.45, 2.75) is 52.0 Å². The zero-order chi connectivity index (χ0) is 24.8. The molecule has 1 saturated carbocycles. The highest BCUT2D eigenvalue weighted by atomic mass is 16.5. The van der Waals surface area contributed by atoms with Crippen LogP contribution in [-0.4, -0.2) is 77.7 Å². The number of aromatic nitrogens is 2. The summed E-state index contributed by atoms with van der Waals surface area (Å²) in [4.78, 5) is 32.0. The second-order valence-electron chi connectivity index (χ2n) is 9.58. The van der Waals surface area contributed by atoms with Gasteiger partial charge >= 0.3 is 0 Å². The van der Waals surface area contributed by atoms with E-state index in [4.69, 9.17) is 4.74 Å². The van der Waals surface area contributed by atoms with Gasteiger partial charge in [-0.3, -0.25) is 9.59 Å². The molecule has 2 heterocycles. The summed E-state index contributed by atoms with van der Waals surface area (Å²) >= 11 is 0. The summed E-state index contributed by atoms with van der Waals surface area (Å²) in [6.07, 6.45) is 4.73. The zero-order valence-corrected chi connectivity index (χ0v) is 21.2. The predicted molar refractivity (Wildman–Crippen MR) is 136 cm³/mol. The molecular weight excluding hydrogens is 442 g/mol. The number of nitrogens with zero attached hydrogens (tertiary/aromatic N) is 5. The van der Waals surface area contributed by atoms with Crippen molar-refractivity contribution < 1.29 is 14.3 Å². The number of hydrogen-bond donors (Lipinski definition) is 0. The highest BCUT2D eigenvalue weighted by Gasteiger charge is 2.33. The van der Waals surface area contributed by atoms with Gasteiger partial charge < -0.3 is 19.4 Å². The van der Waals surface area contributed by atoms with E-state index in [2.05, 4.69) is 22.0 Å². The average molecular weight is 480 g/mol. The summed E-state index contributed by atoms with van der Waals surface area (Å²) in [7, 11) is 1.65. The maximum absolute atomic E-state index is 13.2. The quantitative estimate of drug-likeness (QED) is 0.576. The second-order valence-corrected chi connectivity index (χ2v) is 9.58. The summed E-state index contributed by atoms with van der Waals surface area (Å²) in [5, 5.41) is 8.89. The lowest BCUT2D eigenvalue weighted by atomic mass is 9.84. The number of rotatable bonds is 8. The molecule has 188 valence electrons. The first-order valence-corrected chi connectivity index (χ1v) is 12.8. The minimum atomic E-state index is 0.0424. The number of methoxy groups -OCH3 is 1. The molecular formula is C27H37N5O3. The summed E-state index contributed by atoms with van der Waals surface area (Å²) in [5.41, 5.74) is 1.80. The van der Waals surface area contributed by atoms with E-state index in [-0.39, 0.29) is 30.3 Å². The van der Waals surface area contributed by atoms with Crippen LogP contribution in [0.5, 0.6) is 5.75 Å². The fourth-order valence-electron chi connectivity index (χ4n) is 4.61. The molecule has 2 fully saturated rings. The van der Waals surface area contributed by atoms with E-state index >= 15 is 0 Å². The SMILES string of the molecule is CC[C@@H](C)N(CC(=O)N1CCCN(c2ccc(-c3ccc(OC)cc3)nn2)CC1)C(=O)C1CCC1. The highest BCUT2D eigenvalue weighted by Crippen LogP contribution is 2.29. The fourth-order valence-corrected chi connectivity index (χ4v) is 4.61. The second kappa shape index (κ2) is 11.5. The van der Waals surface area contributed by atoms with Gasteiger partial charge in [0.05, 0.1) is 19.3 Å². The number of ether oxygens (including phenoxy) is 1. The van der Waals surface area contributed by atoms with Crippen LogP contribution < -0.4 is 9.64 Å². The van der Waals surface area contributed by atoms with E-state index in [1.165, 1.54) is 0 Å². The lowest BCUT2D eigenvalue weighted by Crippen LogP contribution is -2.50. The van der Waals surface area contributed by atoms with Gasteiger partial charge in [0.25, 0.3) is 0 Å². The fraction of sp³-hybridized carbons (Fsp3) is 0.556. The van der Waals surface area contributed by atoms with Gasteiger partial charge in [0.15, 0.2) is 5.82 Å². The molecule has 35 heavy (non-hydrogen) atoms. The predicted octanol–water partition coefficient (Wildman–Crippen LogP) is 3.62. The third-order valence-electron chi connectivity index (χ3n) is 7.37. The molecule has 1 aliphatic carbocycles. The first-order valence-electron chi connectivity index (χ1n) is 12.8. The van der Waals surface area contributed by atoms with Gasteiger partial charge in [0.1, 0.15) is 5.75 Å². The maximum atomic E-state index is 13.2. The monoisotopic (exact) mass is 479 g/mol. The third kappa shape index (κ3) is 5.92. The Balaban J connectivity index is 1.35. The van der Waals surface area contributed by atoms with Crippen LogP contribution in [0.25, 0.3) is 11.3 Å². The Bertz CT molecular complexity index is 991. The van der Waals surface area contributed by atoms with Crippen LogP contribution in [0.1, 0.15) is 46.0 Å². The first-order chi connectivity index (χ1) is 17.0. The van der Waals surface area contributed by atoms with Crippen molar-refractivity contribution in [1.29, 1.82) is 0 Å². The Kier molecular flexibility index (Phi) is 8.21. The number of carbonyl (C=O) groups excluding carboxylic acids is 2. The zero-order valence-electron chi connectivity index (χ0n) is 21.2. The molecule has 0 radical (unpaired) electrons. The van der Waals surface area contributed by atoms with Crippen LogP contribution in [0.15, 0.2) is 36.4 Å². The first kappa shape index (κ1) is 24.9. The molecule has 4 rings (SSSR count). The van der Waals surface area contributed by atoms with Gasteiger partial charge in [0.2, 0.25) is 11.8 Å². The topological polar surface area (TPSA) is 78.9 Å². The van der Waals surface area contributed by atoms with Crippen LogP contribution in [-0.2, 0) is 9.59 Å². The summed E-state index contributed by atoms with van der Waals surface area (Å²) in [6.45, 7) is 7.12. The molecule has 1 aromatic carbocycles. The number of carbonyl (C=O) groups is 2. The van der Waals surface area contributed by atoms with Crippen molar-refractivity contribution in [1.82, 2.24) is 20.0 Å². The van der Waals surface area contributed by atoms with Crippen LogP contribution >= 0.6 is 0 Å². The Hall–Kier alpha value is -3.16. The van der Waals surface area contributed by atoms with Gasteiger partial charge in [-0.05, 0) is 69.0 Å². The Labute approximate surface area is 208 Å². The van der Waals surface area contributed by atoms with E-state index in [9.17, 15) is 9.59 Å². The molecule has 0 bridgehead atoms. The Morgan fingerprint density at radius 2 is 1.80 bits per heavy atom. The standard InChI is InChI=1S/C27H37N5O3/c1-4-20(2)32(27(34)22-7-5-8-22)19-26(33)31-16-6-15-30(17-18-31)25-14-13-24(28-29-25)21-9-11-23(35-3)12-10-21/h9-14,20,22H,4-8,15-19H2,1-3H3/t20-/m1/s1. The Morgan fingerprint density at radius 3 is 2.40 bits per heavy atom. The van der Waals surface area contributed by atoms with E-state index in [1.807, 2.05) is 53.1 Å². The molecule has 0 unspecified atom stereocenters. The van der Waals surface area contributed by atoms with E-state index in [1.54, 1.807) is 7.11 Å². The minimum absolute atomic E-state index is 0.0424. The van der Waals surface area contributed by atoms with Crippen molar-refractivity contribution in [3.63, 3.8) is 0 Å². The molecule has 2 amide bonds. The van der Waals surface area contributed by atoms with Crippen LogP contribution in [0, 0.1) is 5.92 Å². The van der Waals surface area contributed by atoms with Gasteiger partial charge in [-0.25, -0.2) is 0 Å².